The molecule has 2 N–H and O–H groups in total. The summed E-state index contributed by atoms with van der Waals surface area (Å²) in [5, 5.41) is 18.7. The van der Waals surface area contributed by atoms with Gasteiger partial charge in [-0.15, -0.1) is 0 Å². The van der Waals surface area contributed by atoms with Crippen LogP contribution in [0, 0.1) is 0 Å². The van der Waals surface area contributed by atoms with E-state index in [0.717, 1.165) is 19.3 Å². The second-order valence-electron chi connectivity index (χ2n) is 5.04. The largest absolute Gasteiger partial charge is 0.396 e. The van der Waals surface area contributed by atoms with Gasteiger partial charge in [-0.2, -0.15) is 0 Å². The molecule has 0 radical (unpaired) electrons. The highest BCUT2D eigenvalue weighted by Crippen LogP contribution is 2.22. The Bertz CT molecular complexity index is 198. The molecule has 0 aromatic heterocycles. The predicted molar refractivity (Wildman–Crippen MR) is 70.3 cm³/mol. The third-order valence-electron chi connectivity index (χ3n) is 3.45. The van der Waals surface area contributed by atoms with Crippen LogP contribution in [0.5, 0.6) is 0 Å². The van der Waals surface area contributed by atoms with Crippen molar-refractivity contribution < 1.29 is 19.7 Å². The molecule has 0 aromatic carbocycles. The Morgan fingerprint density at radius 3 is 2.78 bits per heavy atom. The van der Waals surface area contributed by atoms with E-state index in [9.17, 15) is 5.11 Å². The van der Waals surface area contributed by atoms with Gasteiger partial charge < -0.3 is 19.7 Å². The molecule has 0 bridgehead atoms. The maximum Gasteiger partial charge on any atom is 0.155 e. The van der Waals surface area contributed by atoms with Crippen molar-refractivity contribution >= 4 is 0 Å². The number of aliphatic hydroxyl groups is 2. The van der Waals surface area contributed by atoms with Crippen LogP contribution in [0.4, 0.5) is 0 Å². The average Bonchev–Trinajstić information content (AvgIpc) is 2.77. The van der Waals surface area contributed by atoms with E-state index in [1.807, 2.05) is 0 Å². The lowest BCUT2D eigenvalue weighted by molar-refractivity contribution is -0.155. The Kier molecular flexibility index (Phi) is 8.59. The van der Waals surface area contributed by atoms with Gasteiger partial charge in [0.2, 0.25) is 0 Å². The molecule has 0 amide bonds. The quantitative estimate of drug-likeness (QED) is 0.467. The van der Waals surface area contributed by atoms with E-state index in [1.165, 1.54) is 19.3 Å². The first-order chi connectivity index (χ1) is 8.77. The lowest BCUT2D eigenvalue weighted by atomic mass is 10.1. The Labute approximate surface area is 110 Å². The molecule has 3 atom stereocenters. The number of hydrogen-bond acceptors (Lipinski definition) is 4. The summed E-state index contributed by atoms with van der Waals surface area (Å²) in [6, 6.07) is 0. The van der Waals surface area contributed by atoms with Crippen LogP contribution in [0.15, 0.2) is 0 Å². The van der Waals surface area contributed by atoms with E-state index in [-0.39, 0.29) is 18.8 Å². The Morgan fingerprint density at radius 1 is 1.28 bits per heavy atom. The molecule has 18 heavy (non-hydrogen) atoms. The second-order valence-corrected chi connectivity index (χ2v) is 5.04. The van der Waals surface area contributed by atoms with E-state index in [4.69, 9.17) is 14.6 Å². The van der Waals surface area contributed by atoms with Gasteiger partial charge in [0, 0.05) is 13.2 Å². The highest BCUT2D eigenvalue weighted by atomic mass is 16.6. The van der Waals surface area contributed by atoms with E-state index in [2.05, 4.69) is 6.92 Å². The van der Waals surface area contributed by atoms with E-state index in [0.29, 0.717) is 19.4 Å². The van der Waals surface area contributed by atoms with Crippen molar-refractivity contribution in [1.82, 2.24) is 0 Å². The van der Waals surface area contributed by atoms with Crippen molar-refractivity contribution in [3.63, 3.8) is 0 Å². The minimum absolute atomic E-state index is 0.0512. The molecule has 4 nitrogen and oxygen atoms in total. The van der Waals surface area contributed by atoms with E-state index in [1.54, 1.807) is 0 Å². The zero-order valence-corrected chi connectivity index (χ0v) is 11.5. The molecule has 0 spiro atoms. The van der Waals surface area contributed by atoms with Gasteiger partial charge >= 0.3 is 0 Å². The smallest absolute Gasteiger partial charge is 0.155 e. The van der Waals surface area contributed by atoms with Gasteiger partial charge in [0.05, 0.1) is 12.2 Å². The third-order valence-corrected chi connectivity index (χ3v) is 3.45. The Balaban J connectivity index is 2.09. The summed E-state index contributed by atoms with van der Waals surface area (Å²) >= 11 is 0. The highest BCUT2D eigenvalue weighted by Gasteiger charge is 2.30. The monoisotopic (exact) mass is 260 g/mol. The molecule has 1 heterocycles. The van der Waals surface area contributed by atoms with Crippen LogP contribution in [-0.2, 0) is 9.47 Å². The number of rotatable bonds is 10. The van der Waals surface area contributed by atoms with E-state index >= 15 is 0 Å². The van der Waals surface area contributed by atoms with Gasteiger partial charge in [0.15, 0.2) is 6.29 Å². The van der Waals surface area contributed by atoms with Crippen LogP contribution in [0.2, 0.25) is 0 Å². The van der Waals surface area contributed by atoms with Gasteiger partial charge in [0.1, 0.15) is 0 Å². The maximum atomic E-state index is 9.81. The fourth-order valence-electron chi connectivity index (χ4n) is 2.37. The predicted octanol–water partition coefficient (Wildman–Crippen LogP) is 2.22. The topological polar surface area (TPSA) is 58.9 Å². The van der Waals surface area contributed by atoms with Crippen LogP contribution in [-0.4, -0.2) is 41.9 Å². The first-order valence-electron chi connectivity index (χ1n) is 7.34. The van der Waals surface area contributed by atoms with Crippen LogP contribution in [0.25, 0.3) is 0 Å². The summed E-state index contributed by atoms with van der Waals surface area (Å²) in [5.74, 6) is 0. The summed E-state index contributed by atoms with van der Waals surface area (Å²) in [4.78, 5) is 0. The molecule has 0 aliphatic carbocycles. The van der Waals surface area contributed by atoms with Crippen LogP contribution in [0.1, 0.15) is 58.3 Å². The minimum atomic E-state index is -0.681. The van der Waals surface area contributed by atoms with Crippen molar-refractivity contribution in [3.05, 3.63) is 0 Å². The zero-order chi connectivity index (χ0) is 13.2. The normalized spacial score (nSPS) is 25.5. The standard InChI is InChI=1S/C14H28O4/c1-2-3-4-5-6-7-14(16)18-13-9-11-17-12(13)8-10-15/h12-16H,2-11H2,1H3. The molecule has 0 saturated carbocycles. The Hall–Kier alpha value is -0.160. The Morgan fingerprint density at radius 2 is 2.06 bits per heavy atom. The number of aliphatic hydroxyl groups excluding tert-OH is 2. The second kappa shape index (κ2) is 9.73. The molecule has 1 saturated heterocycles. The van der Waals surface area contributed by atoms with Gasteiger partial charge in [0.25, 0.3) is 0 Å². The van der Waals surface area contributed by atoms with Crippen molar-refractivity contribution in [2.45, 2.75) is 76.8 Å². The van der Waals surface area contributed by atoms with Crippen molar-refractivity contribution in [3.8, 4) is 0 Å². The SMILES string of the molecule is CCCCCCCC(O)OC1CCOC1CCO. The van der Waals surface area contributed by atoms with Gasteiger partial charge in [-0.25, -0.2) is 0 Å². The number of ether oxygens (including phenoxy) is 2. The van der Waals surface area contributed by atoms with Crippen molar-refractivity contribution in [2.24, 2.45) is 0 Å². The van der Waals surface area contributed by atoms with Gasteiger partial charge in [-0.3, -0.25) is 0 Å². The van der Waals surface area contributed by atoms with E-state index < -0.39 is 6.29 Å². The maximum absolute atomic E-state index is 9.81. The molecule has 1 rings (SSSR count). The average molecular weight is 260 g/mol. The van der Waals surface area contributed by atoms with Crippen LogP contribution < -0.4 is 0 Å². The summed E-state index contributed by atoms with van der Waals surface area (Å²) in [6.45, 7) is 2.97. The first kappa shape index (κ1) is 15.9. The molecule has 4 heteroatoms. The first-order valence-corrected chi connectivity index (χ1v) is 7.34. The highest BCUT2D eigenvalue weighted by molar-refractivity contribution is 4.77. The van der Waals surface area contributed by atoms with Gasteiger partial charge in [-0.1, -0.05) is 32.6 Å². The molecule has 1 fully saturated rings. The molecular formula is C14H28O4. The molecule has 108 valence electrons. The van der Waals surface area contributed by atoms with Crippen molar-refractivity contribution in [2.75, 3.05) is 13.2 Å². The molecule has 0 aromatic rings. The number of unbranched alkanes of at least 4 members (excludes halogenated alkanes) is 4. The molecule has 1 aliphatic rings. The fourth-order valence-corrected chi connectivity index (χ4v) is 2.37. The number of hydrogen-bond donors (Lipinski definition) is 2. The van der Waals surface area contributed by atoms with Crippen molar-refractivity contribution in [1.29, 1.82) is 0 Å². The summed E-state index contributed by atoms with van der Waals surface area (Å²) in [6.07, 6.45) is 7.25. The fraction of sp³-hybridized carbons (Fsp3) is 1.00. The summed E-state index contributed by atoms with van der Waals surface area (Å²) < 4.78 is 11.1. The lowest BCUT2D eigenvalue weighted by Gasteiger charge is -2.21. The van der Waals surface area contributed by atoms with Crippen LogP contribution >= 0.6 is 0 Å². The molecule has 1 aliphatic heterocycles. The summed E-state index contributed by atoms with van der Waals surface area (Å²) in [7, 11) is 0. The zero-order valence-electron chi connectivity index (χ0n) is 11.5. The molecular weight excluding hydrogens is 232 g/mol. The van der Waals surface area contributed by atoms with Crippen LogP contribution in [0.3, 0.4) is 0 Å². The minimum Gasteiger partial charge on any atom is -0.396 e. The summed E-state index contributed by atoms with van der Waals surface area (Å²) in [5.41, 5.74) is 0. The third kappa shape index (κ3) is 6.14. The molecule has 3 unspecified atom stereocenters. The lowest BCUT2D eigenvalue weighted by Crippen LogP contribution is -2.30. The van der Waals surface area contributed by atoms with Gasteiger partial charge in [-0.05, 0) is 25.7 Å².